The van der Waals surface area contributed by atoms with Crippen molar-refractivity contribution in [1.82, 2.24) is 0 Å². The Balaban J connectivity index is 2.22. The van der Waals surface area contributed by atoms with E-state index < -0.39 is 10.9 Å². The second kappa shape index (κ2) is 12.8. The zero-order valence-corrected chi connectivity index (χ0v) is 16.1. The Bertz CT molecular complexity index is 616. The van der Waals surface area contributed by atoms with Gasteiger partial charge in [-0.05, 0) is 24.3 Å². The van der Waals surface area contributed by atoms with Crippen molar-refractivity contribution in [3.8, 4) is 0 Å². The summed E-state index contributed by atoms with van der Waals surface area (Å²) in [5, 5.41) is 10.7. The number of unbranched alkanes of at least 4 members (excludes halogenated alkanes) is 1. The summed E-state index contributed by atoms with van der Waals surface area (Å²) >= 11 is 0. The van der Waals surface area contributed by atoms with Crippen molar-refractivity contribution >= 4 is 17.6 Å². The van der Waals surface area contributed by atoms with Gasteiger partial charge in [-0.1, -0.05) is 45.2 Å². The first kappa shape index (κ1) is 22.6. The largest absolute Gasteiger partial charge is 0.465 e. The van der Waals surface area contributed by atoms with Crippen LogP contribution in [0.5, 0.6) is 0 Å². The van der Waals surface area contributed by atoms with Gasteiger partial charge in [-0.15, -0.1) is 0 Å². The molecule has 0 saturated heterocycles. The fraction of sp³-hybridized carbons (Fsp3) is 0.600. The van der Waals surface area contributed by atoms with Crippen molar-refractivity contribution in [2.45, 2.75) is 65.4 Å². The first-order valence-electron chi connectivity index (χ1n) is 9.50. The predicted molar refractivity (Wildman–Crippen MR) is 101 cm³/mol. The predicted octanol–water partition coefficient (Wildman–Crippen LogP) is 4.57. The Morgan fingerprint density at radius 3 is 2.44 bits per heavy atom. The summed E-state index contributed by atoms with van der Waals surface area (Å²) in [4.78, 5) is 33.7. The minimum atomic E-state index is -0.498. The molecule has 7 nitrogen and oxygen atoms in total. The number of hydrogen-bond acceptors (Lipinski definition) is 6. The van der Waals surface area contributed by atoms with E-state index in [1.165, 1.54) is 12.1 Å². The van der Waals surface area contributed by atoms with Crippen LogP contribution in [0.2, 0.25) is 0 Å². The van der Waals surface area contributed by atoms with Crippen molar-refractivity contribution in [1.29, 1.82) is 0 Å². The number of esters is 2. The maximum atomic E-state index is 11.8. The molecule has 0 heterocycles. The Labute approximate surface area is 160 Å². The van der Waals surface area contributed by atoms with Crippen LogP contribution in [0.15, 0.2) is 24.3 Å². The number of nitro groups is 1. The minimum Gasteiger partial charge on any atom is -0.465 e. The van der Waals surface area contributed by atoms with E-state index in [0.29, 0.717) is 24.5 Å². The van der Waals surface area contributed by atoms with Crippen LogP contribution in [0, 0.1) is 16.0 Å². The lowest BCUT2D eigenvalue weighted by Crippen LogP contribution is -2.14. The standard InChI is InChI=1S/C20H29NO6/c1-3-5-8-16(4-2)14-26-19(22)11-7-12-20(23)27-15-17-9-6-10-18(13-17)21(24)25/h6,9-10,13,16H,3-5,7-8,11-12,14-15H2,1-2H3. The van der Waals surface area contributed by atoms with Crippen molar-refractivity contribution in [2.75, 3.05) is 6.61 Å². The van der Waals surface area contributed by atoms with E-state index in [2.05, 4.69) is 13.8 Å². The highest BCUT2D eigenvalue weighted by molar-refractivity contribution is 5.72. The summed E-state index contributed by atoms with van der Waals surface area (Å²) in [7, 11) is 0. The lowest BCUT2D eigenvalue weighted by molar-refractivity contribution is -0.384. The highest BCUT2D eigenvalue weighted by atomic mass is 16.6. The van der Waals surface area contributed by atoms with Gasteiger partial charge in [-0.3, -0.25) is 19.7 Å². The average Bonchev–Trinajstić information content (AvgIpc) is 2.66. The molecule has 1 aromatic rings. The molecular weight excluding hydrogens is 350 g/mol. The molecule has 1 rings (SSSR count). The zero-order valence-electron chi connectivity index (χ0n) is 16.1. The van der Waals surface area contributed by atoms with Gasteiger partial charge in [-0.25, -0.2) is 0 Å². The van der Waals surface area contributed by atoms with Gasteiger partial charge in [0, 0.05) is 25.0 Å². The third kappa shape index (κ3) is 9.72. The van der Waals surface area contributed by atoms with Gasteiger partial charge in [-0.2, -0.15) is 0 Å². The number of non-ortho nitro benzene ring substituents is 1. The fourth-order valence-corrected chi connectivity index (χ4v) is 2.55. The number of nitrogens with zero attached hydrogens (tertiary/aromatic N) is 1. The summed E-state index contributed by atoms with van der Waals surface area (Å²) < 4.78 is 10.4. The van der Waals surface area contributed by atoms with Gasteiger partial charge >= 0.3 is 11.9 Å². The molecule has 150 valence electrons. The third-order valence-electron chi connectivity index (χ3n) is 4.31. The van der Waals surface area contributed by atoms with Crippen LogP contribution in [-0.4, -0.2) is 23.5 Å². The highest BCUT2D eigenvalue weighted by Gasteiger charge is 2.12. The molecule has 0 amide bonds. The van der Waals surface area contributed by atoms with Gasteiger partial charge in [0.1, 0.15) is 6.61 Å². The topological polar surface area (TPSA) is 95.7 Å². The second-order valence-corrected chi connectivity index (χ2v) is 6.54. The van der Waals surface area contributed by atoms with E-state index in [0.717, 1.165) is 25.7 Å². The van der Waals surface area contributed by atoms with E-state index in [9.17, 15) is 19.7 Å². The molecule has 0 aromatic heterocycles. The first-order valence-corrected chi connectivity index (χ1v) is 9.50. The van der Waals surface area contributed by atoms with Crippen LogP contribution in [-0.2, 0) is 25.7 Å². The molecule has 0 radical (unpaired) electrons. The lowest BCUT2D eigenvalue weighted by atomic mass is 10.0. The SMILES string of the molecule is CCCCC(CC)COC(=O)CCCC(=O)OCc1cccc([N+](=O)[O-])c1. The molecule has 27 heavy (non-hydrogen) atoms. The van der Waals surface area contributed by atoms with E-state index in [1.54, 1.807) is 12.1 Å². The quantitative estimate of drug-likeness (QED) is 0.283. The molecule has 1 unspecified atom stereocenters. The van der Waals surface area contributed by atoms with Crippen LogP contribution in [0.4, 0.5) is 5.69 Å². The van der Waals surface area contributed by atoms with Crippen molar-refractivity contribution in [2.24, 2.45) is 5.92 Å². The smallest absolute Gasteiger partial charge is 0.306 e. The molecular formula is C20H29NO6. The summed E-state index contributed by atoms with van der Waals surface area (Å²) in [6.45, 7) is 4.63. The van der Waals surface area contributed by atoms with E-state index in [-0.39, 0.29) is 31.1 Å². The molecule has 0 N–H and O–H groups in total. The molecule has 7 heteroatoms. The summed E-state index contributed by atoms with van der Waals surface area (Å²) in [6.07, 6.45) is 4.95. The average molecular weight is 379 g/mol. The molecule has 0 aliphatic rings. The Morgan fingerprint density at radius 1 is 1.11 bits per heavy atom. The number of rotatable bonds is 13. The van der Waals surface area contributed by atoms with Crippen molar-refractivity contribution in [3.63, 3.8) is 0 Å². The third-order valence-corrected chi connectivity index (χ3v) is 4.31. The van der Waals surface area contributed by atoms with Crippen LogP contribution < -0.4 is 0 Å². The van der Waals surface area contributed by atoms with E-state index >= 15 is 0 Å². The van der Waals surface area contributed by atoms with Crippen molar-refractivity contribution < 1.29 is 24.0 Å². The normalized spacial score (nSPS) is 11.6. The summed E-state index contributed by atoms with van der Waals surface area (Å²) in [6, 6.07) is 5.94. The molecule has 0 bridgehead atoms. The van der Waals surface area contributed by atoms with Gasteiger partial charge in [0.15, 0.2) is 0 Å². The molecule has 0 aliphatic heterocycles. The molecule has 1 atom stereocenters. The summed E-state index contributed by atoms with van der Waals surface area (Å²) in [5.74, 6) is -0.339. The number of benzene rings is 1. The summed E-state index contributed by atoms with van der Waals surface area (Å²) in [5.41, 5.74) is 0.505. The van der Waals surface area contributed by atoms with Crippen LogP contribution in [0.25, 0.3) is 0 Å². The monoisotopic (exact) mass is 379 g/mol. The number of nitro benzene ring substituents is 1. The van der Waals surface area contributed by atoms with Gasteiger partial charge < -0.3 is 9.47 Å². The first-order chi connectivity index (χ1) is 13.0. The van der Waals surface area contributed by atoms with E-state index in [4.69, 9.17) is 9.47 Å². The number of ether oxygens (including phenoxy) is 2. The van der Waals surface area contributed by atoms with Gasteiger partial charge in [0.25, 0.3) is 5.69 Å². The second-order valence-electron chi connectivity index (χ2n) is 6.54. The van der Waals surface area contributed by atoms with Gasteiger partial charge in [0.2, 0.25) is 0 Å². The van der Waals surface area contributed by atoms with Crippen molar-refractivity contribution in [3.05, 3.63) is 39.9 Å². The molecule has 0 aliphatic carbocycles. The van der Waals surface area contributed by atoms with Crippen LogP contribution >= 0.6 is 0 Å². The van der Waals surface area contributed by atoms with E-state index in [1.807, 2.05) is 0 Å². The Kier molecular flexibility index (Phi) is 10.7. The molecule has 0 spiro atoms. The maximum Gasteiger partial charge on any atom is 0.306 e. The molecule has 0 fully saturated rings. The zero-order chi connectivity index (χ0) is 20.1. The molecule has 1 aromatic carbocycles. The molecule has 0 saturated carbocycles. The Hall–Kier alpha value is -2.44. The number of carbonyl (C=O) groups is 2. The van der Waals surface area contributed by atoms with Crippen LogP contribution in [0.3, 0.4) is 0 Å². The lowest BCUT2D eigenvalue weighted by Gasteiger charge is -2.14. The van der Waals surface area contributed by atoms with Crippen LogP contribution in [0.1, 0.15) is 64.4 Å². The number of hydrogen-bond donors (Lipinski definition) is 0. The Morgan fingerprint density at radius 2 is 1.81 bits per heavy atom. The fourth-order valence-electron chi connectivity index (χ4n) is 2.55. The maximum absolute atomic E-state index is 11.8. The highest BCUT2D eigenvalue weighted by Crippen LogP contribution is 2.15. The minimum absolute atomic E-state index is 0.0272. The number of carbonyl (C=O) groups excluding carboxylic acids is 2. The van der Waals surface area contributed by atoms with Gasteiger partial charge in [0.05, 0.1) is 11.5 Å².